The van der Waals surface area contributed by atoms with Gasteiger partial charge in [-0.05, 0) is 24.6 Å². The van der Waals surface area contributed by atoms with Gasteiger partial charge in [0.1, 0.15) is 5.82 Å². The third kappa shape index (κ3) is 5.11. The lowest BCUT2D eigenvalue weighted by molar-refractivity contribution is -0.119. The van der Waals surface area contributed by atoms with Gasteiger partial charge in [-0.2, -0.15) is 0 Å². The summed E-state index contributed by atoms with van der Waals surface area (Å²) < 4.78 is 0. The lowest BCUT2D eigenvalue weighted by Crippen LogP contribution is -2.39. The third-order valence-corrected chi connectivity index (χ3v) is 2.01. The highest BCUT2D eigenvalue weighted by Gasteiger charge is 2.05. The van der Waals surface area contributed by atoms with Crippen molar-refractivity contribution >= 4 is 17.8 Å². The number of rotatable bonds is 5. The second-order valence-electron chi connectivity index (χ2n) is 3.62. The van der Waals surface area contributed by atoms with Crippen molar-refractivity contribution in [1.29, 1.82) is 0 Å². The fraction of sp³-hybridized carbons (Fsp3) is 0.250. The number of aryl methyl sites for hydroxylation is 1. The van der Waals surface area contributed by atoms with Crippen molar-refractivity contribution in [3.05, 3.63) is 36.5 Å². The Bertz CT molecular complexity index is 445. The number of hydrogen-bond donors (Lipinski definition) is 3. The highest BCUT2D eigenvalue weighted by atomic mass is 16.2. The summed E-state index contributed by atoms with van der Waals surface area (Å²) in [6.45, 7) is 5.65. The summed E-state index contributed by atoms with van der Waals surface area (Å²) in [5, 5.41) is 7.50. The molecule has 0 aliphatic heterocycles. The van der Waals surface area contributed by atoms with Crippen LogP contribution in [0.15, 0.2) is 31.0 Å². The molecule has 0 spiro atoms. The van der Waals surface area contributed by atoms with Crippen LogP contribution in [0.3, 0.4) is 0 Å². The van der Waals surface area contributed by atoms with Crippen molar-refractivity contribution < 1.29 is 9.59 Å². The molecule has 0 unspecified atom stereocenters. The normalized spacial score (nSPS) is 9.39. The van der Waals surface area contributed by atoms with Crippen LogP contribution in [0.2, 0.25) is 0 Å². The number of amides is 3. The van der Waals surface area contributed by atoms with Gasteiger partial charge in [0, 0.05) is 12.7 Å². The molecule has 3 N–H and O–H groups in total. The van der Waals surface area contributed by atoms with Crippen molar-refractivity contribution in [2.75, 3.05) is 18.4 Å². The molecule has 0 aliphatic rings. The monoisotopic (exact) mass is 248 g/mol. The Morgan fingerprint density at radius 3 is 2.89 bits per heavy atom. The van der Waals surface area contributed by atoms with Gasteiger partial charge in [0.15, 0.2) is 0 Å². The summed E-state index contributed by atoms with van der Waals surface area (Å²) >= 11 is 0. The first-order chi connectivity index (χ1) is 8.61. The summed E-state index contributed by atoms with van der Waals surface area (Å²) in [5.41, 5.74) is 0.990. The Balaban J connectivity index is 2.33. The van der Waals surface area contributed by atoms with Crippen LogP contribution >= 0.6 is 0 Å². The smallest absolute Gasteiger partial charge is 0.320 e. The van der Waals surface area contributed by atoms with E-state index in [0.29, 0.717) is 12.4 Å². The Morgan fingerprint density at radius 1 is 1.44 bits per heavy atom. The molecule has 0 saturated heterocycles. The molecule has 1 aromatic heterocycles. The summed E-state index contributed by atoms with van der Waals surface area (Å²) in [6.07, 6.45) is 3.16. The molecule has 6 nitrogen and oxygen atoms in total. The quantitative estimate of drug-likeness (QED) is 0.674. The first kappa shape index (κ1) is 13.7. The molecular weight excluding hydrogens is 232 g/mol. The largest absolute Gasteiger partial charge is 0.351 e. The average Bonchev–Trinajstić information content (AvgIpc) is 2.34. The maximum atomic E-state index is 11.4. The van der Waals surface area contributed by atoms with Crippen LogP contribution in [-0.4, -0.2) is 30.0 Å². The van der Waals surface area contributed by atoms with E-state index < -0.39 is 6.03 Å². The Labute approximate surface area is 105 Å². The van der Waals surface area contributed by atoms with Gasteiger partial charge in [0.05, 0.1) is 6.54 Å². The van der Waals surface area contributed by atoms with Crippen LogP contribution in [0.1, 0.15) is 5.56 Å². The molecule has 0 fully saturated rings. The van der Waals surface area contributed by atoms with Gasteiger partial charge in [-0.3, -0.25) is 10.1 Å². The van der Waals surface area contributed by atoms with Gasteiger partial charge < -0.3 is 10.6 Å². The molecule has 0 saturated carbocycles. The molecule has 1 heterocycles. The predicted molar refractivity (Wildman–Crippen MR) is 69.2 cm³/mol. The summed E-state index contributed by atoms with van der Waals surface area (Å²) in [4.78, 5) is 26.6. The van der Waals surface area contributed by atoms with E-state index in [-0.39, 0.29) is 12.5 Å². The molecule has 1 rings (SSSR count). The molecule has 6 heteroatoms. The van der Waals surface area contributed by atoms with Crippen molar-refractivity contribution in [3.63, 3.8) is 0 Å². The highest BCUT2D eigenvalue weighted by molar-refractivity contribution is 5.91. The van der Waals surface area contributed by atoms with Gasteiger partial charge in [-0.15, -0.1) is 6.58 Å². The van der Waals surface area contributed by atoms with E-state index in [9.17, 15) is 9.59 Å². The van der Waals surface area contributed by atoms with E-state index in [1.807, 2.05) is 13.0 Å². The molecule has 3 amide bonds. The molecule has 0 aromatic carbocycles. The summed E-state index contributed by atoms with van der Waals surface area (Å²) in [5.74, 6) is 0.168. The molecule has 18 heavy (non-hydrogen) atoms. The zero-order valence-corrected chi connectivity index (χ0v) is 10.2. The van der Waals surface area contributed by atoms with Crippen LogP contribution < -0.4 is 16.0 Å². The van der Waals surface area contributed by atoms with E-state index in [0.717, 1.165) is 5.56 Å². The molecular formula is C12H16N4O2. The molecule has 0 bridgehead atoms. The Kier molecular flexibility index (Phi) is 5.37. The minimum absolute atomic E-state index is 0.0918. The van der Waals surface area contributed by atoms with Gasteiger partial charge in [-0.25, -0.2) is 9.78 Å². The summed E-state index contributed by atoms with van der Waals surface area (Å²) in [6, 6.07) is 3.09. The molecule has 1 aromatic rings. The van der Waals surface area contributed by atoms with E-state index in [4.69, 9.17) is 0 Å². The average molecular weight is 248 g/mol. The Morgan fingerprint density at radius 2 is 2.22 bits per heavy atom. The van der Waals surface area contributed by atoms with Gasteiger partial charge >= 0.3 is 6.03 Å². The Hall–Kier alpha value is -2.37. The van der Waals surface area contributed by atoms with E-state index >= 15 is 0 Å². The van der Waals surface area contributed by atoms with Crippen LogP contribution in [0.4, 0.5) is 10.6 Å². The maximum Gasteiger partial charge on any atom is 0.320 e. The number of hydrogen-bond acceptors (Lipinski definition) is 3. The molecule has 0 radical (unpaired) electrons. The minimum atomic E-state index is -0.471. The fourth-order valence-corrected chi connectivity index (χ4v) is 1.17. The number of nitrogens with zero attached hydrogens (tertiary/aromatic N) is 1. The zero-order valence-electron chi connectivity index (χ0n) is 10.2. The lowest BCUT2D eigenvalue weighted by atomic mass is 10.3. The fourth-order valence-electron chi connectivity index (χ4n) is 1.17. The second-order valence-corrected chi connectivity index (χ2v) is 3.62. The topological polar surface area (TPSA) is 83.1 Å². The second kappa shape index (κ2) is 7.05. The zero-order chi connectivity index (χ0) is 13.4. The van der Waals surface area contributed by atoms with Gasteiger partial charge in [0.2, 0.25) is 5.91 Å². The van der Waals surface area contributed by atoms with Crippen LogP contribution in [0.5, 0.6) is 0 Å². The van der Waals surface area contributed by atoms with Crippen LogP contribution in [0.25, 0.3) is 0 Å². The number of carbonyl (C=O) groups is 2. The highest BCUT2D eigenvalue weighted by Crippen LogP contribution is 2.04. The number of pyridine rings is 1. The number of urea groups is 1. The number of carbonyl (C=O) groups excluding carboxylic acids is 2. The van der Waals surface area contributed by atoms with E-state index in [2.05, 4.69) is 27.5 Å². The number of aromatic nitrogens is 1. The molecule has 96 valence electrons. The van der Waals surface area contributed by atoms with E-state index in [1.54, 1.807) is 18.3 Å². The van der Waals surface area contributed by atoms with Gasteiger partial charge in [0.25, 0.3) is 0 Å². The van der Waals surface area contributed by atoms with Crippen molar-refractivity contribution in [3.8, 4) is 0 Å². The number of anilines is 1. The predicted octanol–water partition coefficient (Wildman–Crippen LogP) is 0.814. The first-order valence-electron chi connectivity index (χ1n) is 5.47. The standard InChI is InChI=1S/C12H16N4O2/c1-3-5-14-11(17)8-15-12(18)16-10-7-9(2)4-6-13-10/h3-4,6-7H,1,5,8H2,2H3,(H,14,17)(H2,13,15,16,18). The third-order valence-electron chi connectivity index (χ3n) is 2.01. The minimum Gasteiger partial charge on any atom is -0.351 e. The molecule has 0 aliphatic carbocycles. The van der Waals surface area contributed by atoms with Crippen molar-refractivity contribution in [2.24, 2.45) is 0 Å². The lowest BCUT2D eigenvalue weighted by Gasteiger charge is -2.07. The van der Waals surface area contributed by atoms with Crippen molar-refractivity contribution in [1.82, 2.24) is 15.6 Å². The summed E-state index contributed by atoms with van der Waals surface area (Å²) in [7, 11) is 0. The number of nitrogens with one attached hydrogen (secondary N) is 3. The first-order valence-corrected chi connectivity index (χ1v) is 5.47. The van der Waals surface area contributed by atoms with E-state index in [1.165, 1.54) is 0 Å². The van der Waals surface area contributed by atoms with Crippen LogP contribution in [0, 0.1) is 6.92 Å². The van der Waals surface area contributed by atoms with Crippen LogP contribution in [-0.2, 0) is 4.79 Å². The van der Waals surface area contributed by atoms with Crippen molar-refractivity contribution in [2.45, 2.75) is 6.92 Å². The van der Waals surface area contributed by atoms with Gasteiger partial charge in [-0.1, -0.05) is 6.08 Å². The molecule has 0 atom stereocenters. The SMILES string of the molecule is C=CCNC(=O)CNC(=O)Nc1cc(C)ccn1. The maximum absolute atomic E-state index is 11.4.